The number of hydrogen-bond donors (Lipinski definition) is 2. The summed E-state index contributed by atoms with van der Waals surface area (Å²) in [6, 6.07) is 0. The summed E-state index contributed by atoms with van der Waals surface area (Å²) in [5.41, 5.74) is 5.19. The molecule has 1 atom stereocenters. The largest absolute Gasteiger partial charge is 0.431 e. The van der Waals surface area contributed by atoms with Gasteiger partial charge in [-0.15, -0.1) is 23.1 Å². The van der Waals surface area contributed by atoms with Crippen LogP contribution in [-0.2, 0) is 0 Å². The third-order valence-corrected chi connectivity index (χ3v) is 3.42. The number of nitrogens with one attached hydrogen (secondary N) is 1. The van der Waals surface area contributed by atoms with E-state index in [-0.39, 0.29) is 0 Å². The van der Waals surface area contributed by atoms with Gasteiger partial charge in [-0.25, -0.2) is 4.98 Å². The maximum atomic E-state index is 12.3. The fourth-order valence-electron chi connectivity index (χ4n) is 1.06. The van der Waals surface area contributed by atoms with E-state index in [2.05, 4.69) is 10.3 Å². The minimum Gasteiger partial charge on any atom is -0.375 e. The number of anilines is 1. The van der Waals surface area contributed by atoms with Crippen molar-refractivity contribution in [1.82, 2.24) is 10.3 Å². The second kappa shape index (κ2) is 3.60. The molecule has 1 unspecified atom stereocenters. The Bertz CT molecular complexity index is 398. The first-order chi connectivity index (χ1) is 6.97. The van der Waals surface area contributed by atoms with Gasteiger partial charge in [0.25, 0.3) is 0 Å². The van der Waals surface area contributed by atoms with Crippen LogP contribution < -0.4 is 11.1 Å². The molecule has 15 heavy (non-hydrogen) atoms. The van der Waals surface area contributed by atoms with Crippen LogP contribution >= 0.6 is 23.1 Å². The summed E-state index contributed by atoms with van der Waals surface area (Å²) >= 11 is 2.25. The minimum atomic E-state index is -4.33. The molecule has 0 saturated heterocycles. The van der Waals surface area contributed by atoms with Gasteiger partial charge in [-0.1, -0.05) is 0 Å². The van der Waals surface area contributed by atoms with E-state index in [1.54, 1.807) is 5.38 Å². The number of nitrogens with two attached hydrogens (primary N) is 1. The summed E-state index contributed by atoms with van der Waals surface area (Å²) in [5, 5.41) is 4.91. The van der Waals surface area contributed by atoms with E-state index >= 15 is 0 Å². The van der Waals surface area contributed by atoms with E-state index in [1.807, 2.05) is 0 Å². The molecule has 1 aliphatic rings. The molecule has 0 aliphatic carbocycles. The topological polar surface area (TPSA) is 50.9 Å². The van der Waals surface area contributed by atoms with Gasteiger partial charge in [-0.05, 0) is 0 Å². The summed E-state index contributed by atoms with van der Waals surface area (Å²) < 4.78 is 36.8. The number of hydrogen-bond acceptors (Lipinski definition) is 5. The van der Waals surface area contributed by atoms with Crippen LogP contribution in [-0.4, -0.2) is 11.2 Å². The fourth-order valence-corrected chi connectivity index (χ4v) is 2.66. The Kier molecular flexibility index (Phi) is 2.55. The van der Waals surface area contributed by atoms with E-state index in [9.17, 15) is 13.2 Å². The van der Waals surface area contributed by atoms with Crippen molar-refractivity contribution in [3.63, 3.8) is 0 Å². The molecule has 0 fully saturated rings. The van der Waals surface area contributed by atoms with E-state index in [0.29, 0.717) is 10.8 Å². The number of thioether (sulfide) groups is 1. The van der Waals surface area contributed by atoms with Gasteiger partial charge in [0.05, 0.1) is 5.69 Å². The standard InChI is InChI=1S/C7H6F3N3S2/c8-7(9,10)4-2-14-5(13-4)3-1-15-6(11)12-3/h1-2,5,13H,(H2,11,12). The van der Waals surface area contributed by atoms with Crippen LogP contribution in [0.2, 0.25) is 0 Å². The smallest absolute Gasteiger partial charge is 0.375 e. The molecule has 1 aromatic rings. The lowest BCUT2D eigenvalue weighted by Crippen LogP contribution is -2.24. The number of thiazole rings is 1. The zero-order chi connectivity index (χ0) is 11.1. The Balaban J connectivity index is 2.08. The Morgan fingerprint density at radius 1 is 1.47 bits per heavy atom. The fraction of sp³-hybridized carbons (Fsp3) is 0.286. The lowest BCUT2D eigenvalue weighted by Gasteiger charge is -2.12. The van der Waals surface area contributed by atoms with Gasteiger partial charge in [-0.3, -0.25) is 0 Å². The Hall–Kier alpha value is -0.890. The quantitative estimate of drug-likeness (QED) is 0.807. The number of halogens is 3. The molecule has 2 rings (SSSR count). The Morgan fingerprint density at radius 2 is 2.20 bits per heavy atom. The van der Waals surface area contributed by atoms with Crippen LogP contribution in [0.25, 0.3) is 0 Å². The van der Waals surface area contributed by atoms with Crippen LogP contribution in [0.3, 0.4) is 0 Å². The van der Waals surface area contributed by atoms with Gasteiger partial charge in [0.15, 0.2) is 5.13 Å². The maximum Gasteiger partial charge on any atom is 0.431 e. The van der Waals surface area contributed by atoms with Crippen LogP contribution in [0, 0.1) is 0 Å². The molecule has 0 aromatic carbocycles. The summed E-state index contributed by atoms with van der Waals surface area (Å²) in [6.45, 7) is 0. The SMILES string of the molecule is Nc1nc(C2NC(C(F)(F)F)=CS2)cs1. The van der Waals surface area contributed by atoms with Crippen LogP contribution in [0.4, 0.5) is 18.3 Å². The molecule has 3 nitrogen and oxygen atoms in total. The molecule has 0 radical (unpaired) electrons. The van der Waals surface area contributed by atoms with Gasteiger partial charge in [0, 0.05) is 10.8 Å². The van der Waals surface area contributed by atoms with Crippen molar-refractivity contribution >= 4 is 28.2 Å². The molecule has 1 aromatic heterocycles. The summed E-state index contributed by atoms with van der Waals surface area (Å²) in [7, 11) is 0. The third kappa shape index (κ3) is 2.20. The Labute approximate surface area is 91.6 Å². The molecule has 82 valence electrons. The lowest BCUT2D eigenvalue weighted by molar-refractivity contribution is -0.0963. The molecule has 2 heterocycles. The highest BCUT2D eigenvalue weighted by atomic mass is 32.2. The van der Waals surface area contributed by atoms with Gasteiger partial charge in [0.1, 0.15) is 11.1 Å². The molecule has 0 amide bonds. The number of rotatable bonds is 1. The Morgan fingerprint density at radius 3 is 2.67 bits per heavy atom. The van der Waals surface area contributed by atoms with Gasteiger partial charge in [0.2, 0.25) is 0 Å². The van der Waals surface area contributed by atoms with E-state index in [4.69, 9.17) is 5.73 Å². The zero-order valence-corrected chi connectivity index (χ0v) is 8.84. The second-order valence-corrected chi connectivity index (χ2v) is 4.67. The molecular weight excluding hydrogens is 247 g/mol. The number of alkyl halides is 3. The van der Waals surface area contributed by atoms with Gasteiger partial charge in [-0.2, -0.15) is 13.2 Å². The maximum absolute atomic E-state index is 12.3. The highest BCUT2D eigenvalue weighted by Crippen LogP contribution is 2.40. The summed E-state index contributed by atoms with van der Waals surface area (Å²) in [4.78, 5) is 3.92. The van der Waals surface area contributed by atoms with E-state index in [0.717, 1.165) is 17.2 Å². The lowest BCUT2D eigenvalue weighted by atomic mass is 10.4. The average molecular weight is 253 g/mol. The first kappa shape index (κ1) is 10.6. The van der Waals surface area contributed by atoms with Crippen molar-refractivity contribution < 1.29 is 13.2 Å². The predicted molar refractivity (Wildman–Crippen MR) is 54.1 cm³/mol. The van der Waals surface area contributed by atoms with Crippen molar-refractivity contribution in [3.05, 3.63) is 22.2 Å². The van der Waals surface area contributed by atoms with Gasteiger partial charge < -0.3 is 11.1 Å². The number of nitrogen functional groups attached to an aromatic ring is 1. The average Bonchev–Trinajstić information content (AvgIpc) is 2.69. The van der Waals surface area contributed by atoms with Crippen LogP contribution in [0.1, 0.15) is 11.1 Å². The predicted octanol–water partition coefficient (Wildman–Crippen LogP) is 2.46. The molecule has 8 heteroatoms. The van der Waals surface area contributed by atoms with E-state index < -0.39 is 17.2 Å². The third-order valence-electron chi connectivity index (χ3n) is 1.72. The molecular formula is C7H6F3N3S2. The summed E-state index contributed by atoms with van der Waals surface area (Å²) in [6.07, 6.45) is -4.33. The summed E-state index contributed by atoms with van der Waals surface area (Å²) in [5.74, 6) is 0. The molecule has 1 aliphatic heterocycles. The normalized spacial score (nSPS) is 21.3. The van der Waals surface area contributed by atoms with Crippen molar-refractivity contribution in [2.45, 2.75) is 11.6 Å². The molecule has 3 N–H and O–H groups in total. The highest BCUT2D eigenvalue weighted by Gasteiger charge is 2.38. The number of allylic oxidation sites excluding steroid dienone is 1. The first-order valence-corrected chi connectivity index (χ1v) is 5.69. The van der Waals surface area contributed by atoms with Crippen molar-refractivity contribution in [3.8, 4) is 0 Å². The van der Waals surface area contributed by atoms with E-state index in [1.165, 1.54) is 11.3 Å². The molecule has 0 bridgehead atoms. The highest BCUT2D eigenvalue weighted by molar-refractivity contribution is 8.02. The first-order valence-electron chi connectivity index (χ1n) is 3.87. The molecule has 0 saturated carbocycles. The van der Waals surface area contributed by atoms with Crippen molar-refractivity contribution in [2.24, 2.45) is 0 Å². The van der Waals surface area contributed by atoms with Crippen molar-refractivity contribution in [2.75, 3.05) is 5.73 Å². The van der Waals surface area contributed by atoms with Crippen LogP contribution in [0.15, 0.2) is 16.5 Å². The van der Waals surface area contributed by atoms with Crippen LogP contribution in [0.5, 0.6) is 0 Å². The minimum absolute atomic E-state index is 0.354. The van der Waals surface area contributed by atoms with Crippen molar-refractivity contribution in [1.29, 1.82) is 0 Å². The number of aromatic nitrogens is 1. The monoisotopic (exact) mass is 253 g/mol. The number of nitrogens with zero attached hydrogens (tertiary/aromatic N) is 1. The zero-order valence-electron chi connectivity index (χ0n) is 7.21. The second-order valence-electron chi connectivity index (χ2n) is 2.80. The molecule has 0 spiro atoms. The van der Waals surface area contributed by atoms with Gasteiger partial charge >= 0.3 is 6.18 Å².